The Morgan fingerprint density at radius 1 is 1.61 bits per heavy atom. The van der Waals surface area contributed by atoms with Crippen LogP contribution in [0.15, 0.2) is 11.4 Å². The summed E-state index contributed by atoms with van der Waals surface area (Å²) >= 11 is 7.21. The maximum absolute atomic E-state index is 12.0. The van der Waals surface area contributed by atoms with Gasteiger partial charge in [-0.05, 0) is 23.4 Å². The van der Waals surface area contributed by atoms with Gasteiger partial charge in [-0.25, -0.2) is 4.79 Å². The minimum atomic E-state index is -0.610. The second-order valence-electron chi connectivity index (χ2n) is 4.00. The van der Waals surface area contributed by atoms with Gasteiger partial charge in [0.15, 0.2) is 6.04 Å². The summed E-state index contributed by atoms with van der Waals surface area (Å²) in [4.78, 5) is 26.6. The molecule has 0 aromatic carbocycles. The largest absolute Gasteiger partial charge is 0.467 e. The van der Waals surface area contributed by atoms with E-state index in [2.05, 4.69) is 0 Å². The Balaban J connectivity index is 2.31. The molecule has 0 fully saturated rings. The van der Waals surface area contributed by atoms with Gasteiger partial charge < -0.3 is 9.64 Å². The molecule has 0 spiro atoms. The molecule has 1 aliphatic rings. The zero-order chi connectivity index (χ0) is 13.1. The summed E-state index contributed by atoms with van der Waals surface area (Å²) in [5.41, 5.74) is 0.890. The van der Waals surface area contributed by atoms with Crippen LogP contribution < -0.4 is 0 Å². The molecule has 0 saturated heterocycles. The molecule has 0 bridgehead atoms. The van der Waals surface area contributed by atoms with Crippen molar-refractivity contribution in [1.82, 2.24) is 4.90 Å². The summed E-state index contributed by atoms with van der Waals surface area (Å²) in [6, 6.07) is 1.28. The maximum atomic E-state index is 12.0. The van der Waals surface area contributed by atoms with Crippen molar-refractivity contribution in [3.63, 3.8) is 0 Å². The Hall–Kier alpha value is -1.07. The SMILES string of the molecule is COC(=O)C1c2ccsc2CCN1C(=O)CCCl. The summed E-state index contributed by atoms with van der Waals surface area (Å²) in [7, 11) is 1.34. The van der Waals surface area contributed by atoms with Crippen LogP contribution in [0.25, 0.3) is 0 Å². The van der Waals surface area contributed by atoms with Gasteiger partial charge in [0.25, 0.3) is 0 Å². The van der Waals surface area contributed by atoms with Crippen LogP contribution in [0, 0.1) is 0 Å². The van der Waals surface area contributed by atoms with E-state index in [0.29, 0.717) is 6.54 Å². The quantitative estimate of drug-likeness (QED) is 0.631. The van der Waals surface area contributed by atoms with Crippen molar-refractivity contribution in [2.24, 2.45) is 0 Å². The second-order valence-corrected chi connectivity index (χ2v) is 5.38. The topological polar surface area (TPSA) is 46.6 Å². The van der Waals surface area contributed by atoms with E-state index in [4.69, 9.17) is 16.3 Å². The highest BCUT2D eigenvalue weighted by Gasteiger charge is 2.36. The first-order valence-electron chi connectivity index (χ1n) is 5.68. The number of alkyl halides is 1. The second kappa shape index (κ2) is 5.71. The lowest BCUT2D eigenvalue weighted by atomic mass is 9.99. The van der Waals surface area contributed by atoms with Gasteiger partial charge in [0.1, 0.15) is 0 Å². The number of nitrogens with zero attached hydrogens (tertiary/aromatic N) is 1. The molecule has 2 heterocycles. The predicted octanol–water partition coefficient (Wildman–Crippen LogP) is 1.98. The number of ether oxygens (including phenoxy) is 1. The van der Waals surface area contributed by atoms with Crippen molar-refractivity contribution < 1.29 is 14.3 Å². The minimum Gasteiger partial charge on any atom is -0.467 e. The molecule has 1 unspecified atom stereocenters. The molecular weight excluding hydrogens is 274 g/mol. The molecule has 1 aliphatic heterocycles. The average Bonchev–Trinajstić information content (AvgIpc) is 2.85. The number of thiophene rings is 1. The van der Waals surface area contributed by atoms with E-state index >= 15 is 0 Å². The van der Waals surface area contributed by atoms with Crippen LogP contribution in [0.4, 0.5) is 0 Å². The third-order valence-corrected chi connectivity index (χ3v) is 4.20. The van der Waals surface area contributed by atoms with Gasteiger partial charge in [0, 0.05) is 23.7 Å². The summed E-state index contributed by atoms with van der Waals surface area (Å²) in [6.07, 6.45) is 1.03. The van der Waals surface area contributed by atoms with Crippen LogP contribution in [-0.2, 0) is 20.7 Å². The van der Waals surface area contributed by atoms with Gasteiger partial charge in [0.2, 0.25) is 5.91 Å². The molecule has 1 atom stereocenters. The van der Waals surface area contributed by atoms with Crippen molar-refractivity contribution in [2.75, 3.05) is 19.5 Å². The Bertz CT molecular complexity index is 460. The van der Waals surface area contributed by atoms with Crippen molar-refractivity contribution in [3.8, 4) is 0 Å². The molecule has 18 heavy (non-hydrogen) atoms. The first-order chi connectivity index (χ1) is 8.69. The van der Waals surface area contributed by atoms with E-state index in [-0.39, 0.29) is 18.2 Å². The minimum absolute atomic E-state index is 0.0998. The summed E-state index contributed by atoms with van der Waals surface area (Å²) in [6.45, 7) is 0.545. The Morgan fingerprint density at radius 2 is 2.39 bits per heavy atom. The first-order valence-corrected chi connectivity index (χ1v) is 7.10. The number of rotatable bonds is 3. The van der Waals surface area contributed by atoms with Gasteiger partial charge in [-0.1, -0.05) is 0 Å². The van der Waals surface area contributed by atoms with Crippen LogP contribution in [0.2, 0.25) is 0 Å². The van der Waals surface area contributed by atoms with E-state index in [0.717, 1.165) is 16.9 Å². The zero-order valence-electron chi connectivity index (χ0n) is 10.0. The fourth-order valence-electron chi connectivity index (χ4n) is 2.18. The number of carbonyl (C=O) groups is 2. The van der Waals surface area contributed by atoms with E-state index in [1.165, 1.54) is 7.11 Å². The summed E-state index contributed by atoms with van der Waals surface area (Å²) in [5, 5.41) is 1.94. The number of hydrogen-bond acceptors (Lipinski definition) is 4. The number of carbonyl (C=O) groups excluding carboxylic acids is 2. The normalized spacial score (nSPS) is 18.3. The zero-order valence-corrected chi connectivity index (χ0v) is 11.6. The fourth-order valence-corrected chi connectivity index (χ4v) is 3.24. The lowest BCUT2D eigenvalue weighted by Gasteiger charge is -2.33. The summed E-state index contributed by atoms with van der Waals surface area (Å²) in [5.74, 6) is -0.228. The number of esters is 1. The van der Waals surface area contributed by atoms with Crippen LogP contribution in [0.3, 0.4) is 0 Å². The van der Waals surface area contributed by atoms with Crippen molar-refractivity contribution in [1.29, 1.82) is 0 Å². The predicted molar refractivity (Wildman–Crippen MR) is 69.8 cm³/mol. The monoisotopic (exact) mass is 287 g/mol. The highest BCUT2D eigenvalue weighted by Crippen LogP contribution is 2.34. The first kappa shape index (κ1) is 13.4. The molecule has 0 aliphatic carbocycles. The van der Waals surface area contributed by atoms with E-state index in [9.17, 15) is 9.59 Å². The van der Waals surface area contributed by atoms with Crippen molar-refractivity contribution in [3.05, 3.63) is 21.9 Å². The Morgan fingerprint density at radius 3 is 3.06 bits per heavy atom. The van der Waals surface area contributed by atoms with Gasteiger partial charge in [-0.2, -0.15) is 0 Å². The number of halogens is 1. The number of hydrogen-bond donors (Lipinski definition) is 0. The van der Waals surface area contributed by atoms with E-state index in [1.54, 1.807) is 16.2 Å². The van der Waals surface area contributed by atoms with Crippen LogP contribution >= 0.6 is 22.9 Å². The number of methoxy groups -OCH3 is 1. The van der Waals surface area contributed by atoms with Gasteiger partial charge in [0.05, 0.1) is 7.11 Å². The fraction of sp³-hybridized carbons (Fsp3) is 0.500. The molecule has 1 aromatic rings. The molecule has 98 valence electrons. The molecule has 0 radical (unpaired) electrons. The lowest BCUT2D eigenvalue weighted by Crippen LogP contribution is -2.43. The van der Waals surface area contributed by atoms with E-state index < -0.39 is 12.0 Å². The van der Waals surface area contributed by atoms with Crippen LogP contribution in [-0.4, -0.2) is 36.3 Å². The lowest BCUT2D eigenvalue weighted by molar-refractivity contribution is -0.153. The molecule has 0 saturated carbocycles. The van der Waals surface area contributed by atoms with Crippen LogP contribution in [0.1, 0.15) is 22.9 Å². The molecule has 6 heteroatoms. The smallest absolute Gasteiger partial charge is 0.333 e. The molecule has 1 amide bonds. The Kier molecular flexibility index (Phi) is 4.24. The molecule has 1 aromatic heterocycles. The molecule has 2 rings (SSSR count). The van der Waals surface area contributed by atoms with Crippen molar-refractivity contribution >= 4 is 34.8 Å². The van der Waals surface area contributed by atoms with Crippen molar-refractivity contribution in [2.45, 2.75) is 18.9 Å². The highest BCUT2D eigenvalue weighted by atomic mass is 35.5. The van der Waals surface area contributed by atoms with Gasteiger partial charge in [-0.3, -0.25) is 4.79 Å². The average molecular weight is 288 g/mol. The van der Waals surface area contributed by atoms with Crippen LogP contribution in [0.5, 0.6) is 0 Å². The number of amides is 1. The van der Waals surface area contributed by atoms with Gasteiger partial charge >= 0.3 is 5.97 Å². The van der Waals surface area contributed by atoms with Gasteiger partial charge in [-0.15, -0.1) is 22.9 Å². The molecular formula is C12H14ClNO3S. The molecule has 0 N–H and O–H groups in total. The van der Waals surface area contributed by atoms with E-state index in [1.807, 2.05) is 11.4 Å². The number of fused-ring (bicyclic) bond motifs is 1. The third kappa shape index (κ3) is 2.37. The third-order valence-electron chi connectivity index (χ3n) is 3.02. The maximum Gasteiger partial charge on any atom is 0.333 e. The molecule has 4 nitrogen and oxygen atoms in total. The summed E-state index contributed by atoms with van der Waals surface area (Å²) < 4.78 is 4.81. The highest BCUT2D eigenvalue weighted by molar-refractivity contribution is 7.10. The standard InChI is InChI=1S/C12H14ClNO3S/c1-17-12(16)11-8-4-7-18-9(8)3-6-14(11)10(15)2-5-13/h4,7,11H,2-3,5-6H2,1H3. The Labute approximate surface area is 114 Å².